The molecule has 2 amide bonds. The minimum absolute atomic E-state index is 0.0706. The fourth-order valence-electron chi connectivity index (χ4n) is 2.19. The Bertz CT molecular complexity index is 507. The maximum Gasteiger partial charge on any atom is 0.356 e. The molecule has 1 aliphatic rings. The van der Waals surface area contributed by atoms with Gasteiger partial charge in [0.25, 0.3) is 0 Å². The van der Waals surface area contributed by atoms with E-state index in [9.17, 15) is 9.59 Å². The number of carbonyl (C=O) groups excluding carboxylic acids is 1. The minimum Gasteiger partial charge on any atom is -0.476 e. The Balaban J connectivity index is 2.30. The van der Waals surface area contributed by atoms with E-state index < -0.39 is 5.97 Å². The Morgan fingerprint density at radius 2 is 2.06 bits per heavy atom. The topological polar surface area (TPSA) is 78.7 Å². The SMILES string of the molecule is CN(C)C(=O)N1CCc2c(C(=O)O)nn(C)c2C1. The fraction of sp³-hybridized carbons (Fsp3) is 0.545. The molecule has 1 aromatic rings. The molecule has 0 bridgehead atoms. The predicted octanol–water partition coefficient (Wildman–Crippen LogP) is 0.158. The lowest BCUT2D eigenvalue weighted by atomic mass is 10.0. The van der Waals surface area contributed by atoms with Crippen LogP contribution in [0.2, 0.25) is 0 Å². The van der Waals surface area contributed by atoms with Gasteiger partial charge in [0.05, 0.1) is 12.2 Å². The van der Waals surface area contributed by atoms with Crippen molar-refractivity contribution in [3.63, 3.8) is 0 Å². The second-order valence-electron chi connectivity index (χ2n) is 4.55. The van der Waals surface area contributed by atoms with Crippen molar-refractivity contribution in [2.24, 2.45) is 7.05 Å². The molecule has 98 valence electrons. The van der Waals surface area contributed by atoms with Gasteiger partial charge < -0.3 is 14.9 Å². The van der Waals surface area contributed by atoms with Crippen LogP contribution in [-0.2, 0) is 20.0 Å². The highest BCUT2D eigenvalue weighted by atomic mass is 16.4. The van der Waals surface area contributed by atoms with Gasteiger partial charge in [0, 0.05) is 33.3 Å². The molecule has 0 unspecified atom stereocenters. The van der Waals surface area contributed by atoms with Gasteiger partial charge in [-0.25, -0.2) is 9.59 Å². The lowest BCUT2D eigenvalue weighted by Gasteiger charge is -2.29. The first kappa shape index (κ1) is 12.4. The zero-order valence-electron chi connectivity index (χ0n) is 10.7. The summed E-state index contributed by atoms with van der Waals surface area (Å²) >= 11 is 0. The van der Waals surface area contributed by atoms with Crippen molar-refractivity contribution in [2.45, 2.75) is 13.0 Å². The molecule has 0 fully saturated rings. The van der Waals surface area contributed by atoms with Crippen LogP contribution in [0.5, 0.6) is 0 Å². The average molecular weight is 252 g/mol. The number of hydrogen-bond acceptors (Lipinski definition) is 3. The third-order valence-electron chi connectivity index (χ3n) is 3.10. The van der Waals surface area contributed by atoms with Gasteiger partial charge in [-0.05, 0) is 6.42 Å². The van der Waals surface area contributed by atoms with E-state index >= 15 is 0 Å². The Hall–Kier alpha value is -2.05. The first-order valence-electron chi connectivity index (χ1n) is 5.66. The number of rotatable bonds is 1. The molecular weight excluding hydrogens is 236 g/mol. The molecular formula is C11H16N4O3. The Kier molecular flexibility index (Phi) is 2.98. The molecule has 0 saturated carbocycles. The summed E-state index contributed by atoms with van der Waals surface area (Å²) in [5, 5.41) is 13.0. The minimum atomic E-state index is -1.01. The van der Waals surface area contributed by atoms with Crippen molar-refractivity contribution in [3.8, 4) is 0 Å². The molecule has 0 radical (unpaired) electrons. The van der Waals surface area contributed by atoms with Crippen molar-refractivity contribution in [1.82, 2.24) is 19.6 Å². The third kappa shape index (κ3) is 1.92. The summed E-state index contributed by atoms with van der Waals surface area (Å²) in [6, 6.07) is -0.0706. The van der Waals surface area contributed by atoms with Crippen molar-refractivity contribution in [1.29, 1.82) is 0 Å². The molecule has 2 heterocycles. The Morgan fingerprint density at radius 1 is 1.39 bits per heavy atom. The van der Waals surface area contributed by atoms with E-state index in [1.165, 1.54) is 4.90 Å². The summed E-state index contributed by atoms with van der Waals surface area (Å²) in [6.07, 6.45) is 0.532. The summed E-state index contributed by atoms with van der Waals surface area (Å²) in [5.74, 6) is -1.01. The van der Waals surface area contributed by atoms with Gasteiger partial charge in [-0.2, -0.15) is 5.10 Å². The molecule has 2 rings (SSSR count). The van der Waals surface area contributed by atoms with Crippen LogP contribution in [0.25, 0.3) is 0 Å². The van der Waals surface area contributed by atoms with E-state index in [1.54, 1.807) is 30.7 Å². The standard InChI is InChI=1S/C11H16N4O3/c1-13(2)11(18)15-5-4-7-8(6-15)14(3)12-9(7)10(16)17/h4-6H2,1-3H3,(H,16,17). The number of carboxylic acids is 1. The summed E-state index contributed by atoms with van der Waals surface area (Å²) in [7, 11) is 5.10. The smallest absolute Gasteiger partial charge is 0.356 e. The normalized spacial score (nSPS) is 14.3. The van der Waals surface area contributed by atoms with Gasteiger partial charge in [-0.3, -0.25) is 4.68 Å². The quantitative estimate of drug-likeness (QED) is 0.772. The van der Waals surface area contributed by atoms with Gasteiger partial charge in [0.1, 0.15) is 0 Å². The van der Waals surface area contributed by atoms with Crippen LogP contribution in [-0.4, -0.2) is 57.3 Å². The molecule has 0 aliphatic carbocycles. The molecule has 7 nitrogen and oxygen atoms in total. The number of aromatic nitrogens is 2. The maximum atomic E-state index is 11.9. The lowest BCUT2D eigenvalue weighted by molar-refractivity contribution is 0.0688. The number of carbonyl (C=O) groups is 2. The van der Waals surface area contributed by atoms with Crippen LogP contribution in [0.3, 0.4) is 0 Å². The van der Waals surface area contributed by atoms with Crippen molar-refractivity contribution in [3.05, 3.63) is 17.0 Å². The fourth-order valence-corrected chi connectivity index (χ4v) is 2.19. The van der Waals surface area contributed by atoms with E-state index in [0.717, 1.165) is 11.3 Å². The first-order chi connectivity index (χ1) is 8.41. The van der Waals surface area contributed by atoms with Crippen molar-refractivity contribution in [2.75, 3.05) is 20.6 Å². The average Bonchev–Trinajstić information content (AvgIpc) is 2.65. The van der Waals surface area contributed by atoms with Crippen LogP contribution in [0.1, 0.15) is 21.7 Å². The largest absolute Gasteiger partial charge is 0.476 e. The van der Waals surface area contributed by atoms with Crippen LogP contribution in [0.15, 0.2) is 0 Å². The van der Waals surface area contributed by atoms with Gasteiger partial charge >= 0.3 is 12.0 Å². The second-order valence-corrected chi connectivity index (χ2v) is 4.55. The van der Waals surface area contributed by atoms with Crippen molar-refractivity contribution >= 4 is 12.0 Å². The molecule has 0 spiro atoms. The maximum absolute atomic E-state index is 11.9. The molecule has 18 heavy (non-hydrogen) atoms. The van der Waals surface area contributed by atoms with E-state index in [-0.39, 0.29) is 11.7 Å². The predicted molar refractivity (Wildman–Crippen MR) is 63.4 cm³/mol. The summed E-state index contributed by atoms with van der Waals surface area (Å²) in [5.41, 5.74) is 1.64. The third-order valence-corrected chi connectivity index (χ3v) is 3.10. The number of urea groups is 1. The van der Waals surface area contributed by atoms with Crippen LogP contribution < -0.4 is 0 Å². The molecule has 0 atom stereocenters. The molecule has 0 aromatic carbocycles. The number of amides is 2. The zero-order valence-corrected chi connectivity index (χ0v) is 10.7. The molecule has 1 N–H and O–H groups in total. The second kappa shape index (κ2) is 4.32. The summed E-state index contributed by atoms with van der Waals surface area (Å²) < 4.78 is 1.55. The highest BCUT2D eigenvalue weighted by Crippen LogP contribution is 2.22. The van der Waals surface area contributed by atoms with Crippen LogP contribution >= 0.6 is 0 Å². The summed E-state index contributed by atoms with van der Waals surface area (Å²) in [4.78, 5) is 26.1. The monoisotopic (exact) mass is 252 g/mol. The van der Waals surface area contributed by atoms with Crippen LogP contribution in [0.4, 0.5) is 4.79 Å². The number of aryl methyl sites for hydroxylation is 1. The lowest BCUT2D eigenvalue weighted by Crippen LogP contribution is -2.42. The Labute approximate surface area is 105 Å². The molecule has 1 aliphatic heterocycles. The van der Waals surface area contributed by atoms with E-state index in [4.69, 9.17) is 5.11 Å². The highest BCUT2D eigenvalue weighted by Gasteiger charge is 2.29. The number of aromatic carboxylic acids is 1. The van der Waals surface area contributed by atoms with Crippen LogP contribution in [0, 0.1) is 0 Å². The number of hydrogen-bond donors (Lipinski definition) is 1. The number of nitrogens with zero attached hydrogens (tertiary/aromatic N) is 4. The zero-order chi connectivity index (χ0) is 13.4. The summed E-state index contributed by atoms with van der Waals surface area (Å²) in [6.45, 7) is 0.930. The molecule has 7 heteroatoms. The van der Waals surface area contributed by atoms with E-state index in [2.05, 4.69) is 5.10 Å². The first-order valence-corrected chi connectivity index (χ1v) is 5.66. The van der Waals surface area contributed by atoms with Crippen molar-refractivity contribution < 1.29 is 14.7 Å². The van der Waals surface area contributed by atoms with E-state index in [1.807, 2.05) is 0 Å². The highest BCUT2D eigenvalue weighted by molar-refractivity contribution is 5.87. The molecule has 1 aromatic heterocycles. The Morgan fingerprint density at radius 3 is 2.61 bits per heavy atom. The number of fused-ring (bicyclic) bond motifs is 1. The molecule has 0 saturated heterocycles. The van der Waals surface area contributed by atoms with Gasteiger partial charge in [0.15, 0.2) is 5.69 Å². The van der Waals surface area contributed by atoms with E-state index in [0.29, 0.717) is 19.5 Å². The van der Waals surface area contributed by atoms with Gasteiger partial charge in [-0.15, -0.1) is 0 Å². The van der Waals surface area contributed by atoms with Gasteiger partial charge in [0.2, 0.25) is 0 Å². The van der Waals surface area contributed by atoms with Gasteiger partial charge in [-0.1, -0.05) is 0 Å². The number of carboxylic acid groups (broad SMARTS) is 1.